The quantitative estimate of drug-likeness (QED) is 0.139. The average molecular weight is 1480 g/mol. The zero-order valence-electron chi connectivity index (χ0n) is 51.2. The number of fused-ring (bicyclic) bond motifs is 6. The van der Waals surface area contributed by atoms with Gasteiger partial charge in [0, 0.05) is 32.7 Å². The predicted molar refractivity (Wildman–Crippen MR) is 331 cm³/mol. The standard InChI is InChI=1S/C74H34F27N3/c75-66(76,77)40-13-17-44(53(29-40)70(87,88)89)36-9-21-60-48(25-36)49-26-37(45-18-14-41(67(78,79)80)30-54(45)71(90,91)92)10-22-61(49)103(60)64-33-52(59-8-4-7-58(102-59)35-5-2-1-3-6-35)57(74(99,100)101)34-65(64)104-62-23-11-38(46-19-15-42(68(81,82)83)31-55(46)72(93,94)95)27-50(62)51-28-39(12-24-63(51)104)47-20-16-43(69(84,85)86)32-56(47)73(96,97)98/h1-34H. The monoisotopic (exact) mass is 1480 g/mol. The van der Waals surface area contributed by atoms with Crippen LogP contribution in [0.3, 0.4) is 0 Å². The fourth-order valence-electron chi connectivity index (χ4n) is 12.8. The van der Waals surface area contributed by atoms with E-state index in [0.717, 1.165) is 94.1 Å². The van der Waals surface area contributed by atoms with Crippen molar-refractivity contribution in [3.05, 3.63) is 256 Å². The molecular weight excluding hydrogens is 1440 g/mol. The molecule has 13 rings (SSSR count). The number of hydrogen-bond acceptors (Lipinski definition) is 1. The highest BCUT2D eigenvalue weighted by atomic mass is 19.4. The Bertz CT molecular complexity index is 5330. The Morgan fingerprint density at radius 3 is 0.750 bits per heavy atom. The summed E-state index contributed by atoms with van der Waals surface area (Å²) in [6.07, 6.45) is -49.4. The van der Waals surface area contributed by atoms with E-state index in [9.17, 15) is 52.7 Å². The number of alkyl halides is 27. The Morgan fingerprint density at radius 1 is 0.202 bits per heavy atom. The first-order chi connectivity index (χ1) is 48.2. The largest absolute Gasteiger partial charge is 0.417 e. The summed E-state index contributed by atoms with van der Waals surface area (Å²) >= 11 is 0. The molecular formula is C74H34F27N3. The van der Waals surface area contributed by atoms with Crippen LogP contribution in [-0.4, -0.2) is 14.1 Å². The minimum atomic E-state index is -5.59. The maximum atomic E-state index is 16.5. The number of hydrogen-bond donors (Lipinski definition) is 0. The van der Waals surface area contributed by atoms with Gasteiger partial charge in [0.25, 0.3) is 0 Å². The fraction of sp³-hybridized carbons (Fsp3) is 0.122. The van der Waals surface area contributed by atoms with Gasteiger partial charge in [-0.05, 0) is 166 Å². The van der Waals surface area contributed by atoms with Crippen LogP contribution < -0.4 is 0 Å². The van der Waals surface area contributed by atoms with Crippen molar-refractivity contribution in [3.8, 4) is 78.4 Å². The second-order valence-corrected chi connectivity index (χ2v) is 23.8. The van der Waals surface area contributed by atoms with E-state index in [1.807, 2.05) is 0 Å². The summed E-state index contributed by atoms with van der Waals surface area (Å²) < 4.78 is 401. The lowest BCUT2D eigenvalue weighted by Gasteiger charge is -2.22. The van der Waals surface area contributed by atoms with Gasteiger partial charge >= 0.3 is 55.6 Å². The molecule has 3 nitrogen and oxygen atoms in total. The van der Waals surface area contributed by atoms with Crippen LogP contribution in [0.4, 0.5) is 119 Å². The van der Waals surface area contributed by atoms with Gasteiger partial charge in [0.1, 0.15) is 0 Å². The number of aromatic nitrogens is 3. The molecule has 3 aromatic heterocycles. The summed E-state index contributed by atoms with van der Waals surface area (Å²) in [5.74, 6) is 0. The van der Waals surface area contributed by atoms with Gasteiger partial charge in [0.05, 0.1) is 94.9 Å². The molecule has 0 atom stereocenters. The molecule has 0 amide bonds. The molecule has 0 fully saturated rings. The van der Waals surface area contributed by atoms with Crippen LogP contribution in [0.1, 0.15) is 50.1 Å². The smallest absolute Gasteiger partial charge is 0.307 e. The van der Waals surface area contributed by atoms with Crippen molar-refractivity contribution in [3.63, 3.8) is 0 Å². The summed E-state index contributed by atoms with van der Waals surface area (Å²) in [6.45, 7) is 0. The van der Waals surface area contributed by atoms with Crippen LogP contribution >= 0.6 is 0 Å². The molecule has 0 spiro atoms. The van der Waals surface area contributed by atoms with E-state index in [-0.39, 0.29) is 65.3 Å². The maximum Gasteiger partial charge on any atom is 0.417 e. The van der Waals surface area contributed by atoms with Crippen molar-refractivity contribution < 1.29 is 119 Å². The third kappa shape index (κ3) is 13.1. The van der Waals surface area contributed by atoms with Gasteiger partial charge < -0.3 is 9.13 Å². The van der Waals surface area contributed by atoms with E-state index in [4.69, 9.17) is 0 Å². The SMILES string of the molecule is FC(F)(F)c1ccc(-c2ccc3c(c2)c2cc(-c4ccc(C(F)(F)F)cc4C(F)(F)F)ccc2n3-c2cc(-c3cccc(-c4ccccc4)n3)c(C(F)(F)F)cc2-n2c3ccc(-c4ccc(C(F)(F)F)cc4C(F)(F)F)cc3c3cc(-c4ccc(C(F)(F)F)cc4C(F)(F)F)ccc32)c(C(F)(F)F)c1. The molecule has 0 saturated heterocycles. The fourth-order valence-corrected chi connectivity index (χ4v) is 12.8. The van der Waals surface area contributed by atoms with E-state index in [1.165, 1.54) is 24.3 Å². The number of benzene rings is 10. The summed E-state index contributed by atoms with van der Waals surface area (Å²) in [5.41, 5.74) is -26.4. The molecule has 30 heteroatoms. The molecule has 3 heterocycles. The van der Waals surface area contributed by atoms with Crippen molar-refractivity contribution in [1.82, 2.24) is 14.1 Å². The minimum Gasteiger partial charge on any atom is -0.307 e. The van der Waals surface area contributed by atoms with Gasteiger partial charge in [0.2, 0.25) is 0 Å². The first kappa shape index (κ1) is 71.5. The molecule has 0 N–H and O–H groups in total. The van der Waals surface area contributed by atoms with Gasteiger partial charge in [-0.15, -0.1) is 0 Å². The maximum absolute atomic E-state index is 16.5. The molecule has 0 unspecified atom stereocenters. The normalized spacial score (nSPS) is 13.3. The van der Waals surface area contributed by atoms with Crippen molar-refractivity contribution in [2.75, 3.05) is 0 Å². The predicted octanol–water partition coefficient (Wildman–Crippen LogP) is 26.4. The van der Waals surface area contributed by atoms with Crippen molar-refractivity contribution in [2.45, 2.75) is 55.6 Å². The van der Waals surface area contributed by atoms with Crippen molar-refractivity contribution in [1.29, 1.82) is 0 Å². The summed E-state index contributed by atoms with van der Waals surface area (Å²) in [4.78, 5) is 4.55. The van der Waals surface area contributed by atoms with E-state index < -0.39 is 205 Å². The van der Waals surface area contributed by atoms with Crippen LogP contribution in [0.2, 0.25) is 0 Å². The second-order valence-electron chi connectivity index (χ2n) is 23.8. The minimum absolute atomic E-state index is 0.0409. The van der Waals surface area contributed by atoms with Gasteiger partial charge in [0.15, 0.2) is 0 Å². The van der Waals surface area contributed by atoms with E-state index in [2.05, 4.69) is 4.98 Å². The highest BCUT2D eigenvalue weighted by Gasteiger charge is 2.44. The van der Waals surface area contributed by atoms with Gasteiger partial charge in [-0.2, -0.15) is 119 Å². The number of nitrogens with zero attached hydrogens (tertiary/aromatic N) is 3. The first-order valence-electron chi connectivity index (χ1n) is 29.9. The molecule has 0 radical (unpaired) electrons. The van der Waals surface area contributed by atoms with Crippen LogP contribution in [0.15, 0.2) is 206 Å². The number of pyridine rings is 1. The molecule has 13 aromatic rings. The third-order valence-corrected chi connectivity index (χ3v) is 17.4. The zero-order chi connectivity index (χ0) is 75.3. The molecule has 0 aliphatic heterocycles. The van der Waals surface area contributed by atoms with Gasteiger partial charge in [-0.3, -0.25) is 0 Å². The lowest BCUT2D eigenvalue weighted by Crippen LogP contribution is -2.13. The van der Waals surface area contributed by atoms with Crippen LogP contribution in [-0.2, 0) is 55.6 Å². The summed E-state index contributed by atoms with van der Waals surface area (Å²) in [6, 6.07) is 25.7. The van der Waals surface area contributed by atoms with E-state index in [1.54, 1.807) is 18.2 Å². The second kappa shape index (κ2) is 24.3. The molecule has 534 valence electrons. The number of halogens is 27. The highest BCUT2D eigenvalue weighted by Crippen LogP contribution is 2.52. The lowest BCUT2D eigenvalue weighted by molar-refractivity contribution is -0.144. The average Bonchev–Trinajstić information content (AvgIpc) is 1.54. The Hall–Kier alpha value is -10.9. The Balaban J connectivity index is 1.20. The number of rotatable bonds is 8. The molecule has 0 bridgehead atoms. The van der Waals surface area contributed by atoms with E-state index >= 15 is 65.9 Å². The summed E-state index contributed by atoms with van der Waals surface area (Å²) in [7, 11) is 0. The first-order valence-corrected chi connectivity index (χ1v) is 29.9. The topological polar surface area (TPSA) is 22.8 Å². The molecule has 104 heavy (non-hydrogen) atoms. The van der Waals surface area contributed by atoms with Crippen LogP contribution in [0.5, 0.6) is 0 Å². The van der Waals surface area contributed by atoms with Gasteiger partial charge in [-0.1, -0.05) is 84.9 Å². The summed E-state index contributed by atoms with van der Waals surface area (Å²) in [5, 5.41) is -1.68. The Kier molecular flexibility index (Phi) is 16.7. The Morgan fingerprint density at radius 2 is 0.471 bits per heavy atom. The molecule has 0 aliphatic rings. The van der Waals surface area contributed by atoms with E-state index in [0.29, 0.717) is 35.9 Å². The van der Waals surface area contributed by atoms with Crippen LogP contribution in [0, 0.1) is 0 Å². The molecule has 10 aromatic carbocycles. The van der Waals surface area contributed by atoms with Crippen LogP contribution in [0.25, 0.3) is 122 Å². The third-order valence-electron chi connectivity index (χ3n) is 17.4. The Labute approximate surface area is 564 Å². The van der Waals surface area contributed by atoms with Crippen molar-refractivity contribution in [2.24, 2.45) is 0 Å². The highest BCUT2D eigenvalue weighted by molar-refractivity contribution is 6.14. The lowest BCUT2D eigenvalue weighted by atomic mass is 9.94. The van der Waals surface area contributed by atoms with Crippen molar-refractivity contribution >= 4 is 43.6 Å². The molecule has 0 aliphatic carbocycles. The molecule has 0 saturated carbocycles. The van der Waals surface area contributed by atoms with Gasteiger partial charge in [-0.25, -0.2) is 4.98 Å². The zero-order valence-corrected chi connectivity index (χ0v) is 51.2.